The van der Waals surface area contributed by atoms with Crippen LogP contribution in [0.4, 0.5) is 0 Å². The van der Waals surface area contributed by atoms with Crippen LogP contribution in [0.15, 0.2) is 26.1 Å². The first-order valence-corrected chi connectivity index (χ1v) is 7.90. The molecular weight excluding hydrogens is 341 g/mol. The Labute approximate surface area is 140 Å². The molecule has 3 rings (SSSR count). The van der Waals surface area contributed by atoms with E-state index in [1.165, 1.54) is 12.1 Å². The van der Waals surface area contributed by atoms with Crippen LogP contribution in [0.5, 0.6) is 5.75 Å². The highest BCUT2D eigenvalue weighted by atomic mass is 35.5. The number of pyridine rings is 1. The van der Waals surface area contributed by atoms with Crippen molar-refractivity contribution in [2.75, 3.05) is 0 Å². The van der Waals surface area contributed by atoms with E-state index >= 15 is 0 Å². The fourth-order valence-electron chi connectivity index (χ4n) is 2.59. The molecular formula is C16H13Cl2NO4. The summed E-state index contributed by atoms with van der Waals surface area (Å²) in [4.78, 5) is 27.1. The third kappa shape index (κ3) is 2.50. The molecule has 0 radical (unpaired) electrons. The molecule has 120 valence electrons. The molecule has 0 aliphatic carbocycles. The molecule has 7 heteroatoms. The van der Waals surface area contributed by atoms with Crippen molar-refractivity contribution in [3.8, 4) is 5.75 Å². The zero-order valence-corrected chi connectivity index (χ0v) is 13.7. The van der Waals surface area contributed by atoms with Crippen LogP contribution < -0.4 is 11.2 Å². The van der Waals surface area contributed by atoms with Crippen molar-refractivity contribution < 1.29 is 9.52 Å². The summed E-state index contributed by atoms with van der Waals surface area (Å²) >= 11 is 12.2. The largest absolute Gasteiger partial charge is 0.506 e. The number of hydrogen-bond donors (Lipinski definition) is 2. The Kier molecular flexibility index (Phi) is 4.08. The average molecular weight is 354 g/mol. The van der Waals surface area contributed by atoms with Crippen LogP contribution in [-0.2, 0) is 6.42 Å². The minimum atomic E-state index is -0.675. The van der Waals surface area contributed by atoms with E-state index in [-0.39, 0.29) is 37.8 Å². The monoisotopic (exact) mass is 353 g/mol. The Balaban J connectivity index is 2.52. The lowest BCUT2D eigenvalue weighted by molar-refractivity contribution is 0.455. The first-order valence-electron chi connectivity index (χ1n) is 7.14. The lowest BCUT2D eigenvalue weighted by Crippen LogP contribution is -2.14. The van der Waals surface area contributed by atoms with E-state index in [1.54, 1.807) is 0 Å². The van der Waals surface area contributed by atoms with Crippen molar-refractivity contribution >= 4 is 45.1 Å². The zero-order chi connectivity index (χ0) is 16.7. The molecule has 2 heterocycles. The Morgan fingerprint density at radius 1 is 1.17 bits per heavy atom. The molecule has 0 fully saturated rings. The van der Waals surface area contributed by atoms with Gasteiger partial charge in [-0.05, 0) is 25.0 Å². The van der Waals surface area contributed by atoms with Gasteiger partial charge >= 0.3 is 5.63 Å². The summed E-state index contributed by atoms with van der Waals surface area (Å²) < 4.78 is 5.32. The van der Waals surface area contributed by atoms with Crippen molar-refractivity contribution in [2.24, 2.45) is 0 Å². The van der Waals surface area contributed by atoms with Crippen LogP contribution in [0.3, 0.4) is 0 Å². The topological polar surface area (TPSA) is 83.3 Å². The predicted octanol–water partition coefficient (Wildman–Crippen LogP) is 3.99. The lowest BCUT2D eigenvalue weighted by atomic mass is 10.1. The number of nitrogens with one attached hydrogen (secondary N) is 1. The third-order valence-electron chi connectivity index (χ3n) is 3.77. The van der Waals surface area contributed by atoms with E-state index in [0.717, 1.165) is 6.42 Å². The van der Waals surface area contributed by atoms with E-state index in [0.29, 0.717) is 18.2 Å². The summed E-state index contributed by atoms with van der Waals surface area (Å²) in [6.07, 6.45) is 1.87. The number of rotatable bonds is 3. The summed E-state index contributed by atoms with van der Waals surface area (Å²) in [5.74, 6) is -0.358. The van der Waals surface area contributed by atoms with Gasteiger partial charge in [0.05, 0.1) is 26.5 Å². The van der Waals surface area contributed by atoms with Gasteiger partial charge in [-0.15, -0.1) is 0 Å². The number of fused-ring (bicyclic) bond motifs is 3. The molecule has 3 aromatic rings. The highest BCUT2D eigenvalue weighted by Crippen LogP contribution is 2.35. The highest BCUT2D eigenvalue weighted by molar-refractivity contribution is 6.41. The molecule has 0 amide bonds. The number of aromatic amines is 1. The Bertz CT molecular complexity index is 1040. The molecule has 1 aromatic carbocycles. The van der Waals surface area contributed by atoms with Gasteiger partial charge < -0.3 is 14.5 Å². The molecule has 23 heavy (non-hydrogen) atoms. The van der Waals surface area contributed by atoms with Gasteiger partial charge in [0, 0.05) is 0 Å². The fourth-order valence-corrected chi connectivity index (χ4v) is 3.04. The first kappa shape index (κ1) is 15.9. The fraction of sp³-hybridized carbons (Fsp3) is 0.250. The average Bonchev–Trinajstić information content (AvgIpc) is 2.50. The smallest absolute Gasteiger partial charge is 0.343 e. The number of aromatic hydroxyl groups is 1. The number of hydrogen-bond acceptors (Lipinski definition) is 4. The molecule has 2 N–H and O–H groups in total. The first-order chi connectivity index (χ1) is 11.0. The maximum atomic E-state index is 12.3. The SMILES string of the molecule is CCCCc1c(O)c2c(=O)[nH]c3c(Cl)ccc(Cl)c3c2oc1=O. The van der Waals surface area contributed by atoms with Crippen LogP contribution >= 0.6 is 23.2 Å². The van der Waals surface area contributed by atoms with E-state index in [4.69, 9.17) is 27.6 Å². The third-order valence-corrected chi connectivity index (χ3v) is 4.40. The Morgan fingerprint density at radius 2 is 1.87 bits per heavy atom. The predicted molar refractivity (Wildman–Crippen MR) is 90.9 cm³/mol. The minimum Gasteiger partial charge on any atom is -0.506 e. The van der Waals surface area contributed by atoms with Crippen molar-refractivity contribution in [1.82, 2.24) is 4.98 Å². The molecule has 0 saturated carbocycles. The second-order valence-corrected chi connectivity index (χ2v) is 6.07. The molecule has 0 atom stereocenters. The quantitative estimate of drug-likeness (QED) is 0.697. The van der Waals surface area contributed by atoms with Crippen LogP contribution in [0.1, 0.15) is 25.3 Å². The molecule has 0 unspecified atom stereocenters. The van der Waals surface area contributed by atoms with Crippen LogP contribution in [0.2, 0.25) is 10.0 Å². The second kappa shape index (κ2) is 5.91. The summed E-state index contributed by atoms with van der Waals surface area (Å²) in [5, 5.41) is 11.1. The zero-order valence-electron chi connectivity index (χ0n) is 12.2. The maximum Gasteiger partial charge on any atom is 0.343 e. The molecule has 5 nitrogen and oxygen atoms in total. The second-order valence-electron chi connectivity index (χ2n) is 5.26. The van der Waals surface area contributed by atoms with Gasteiger partial charge in [0.1, 0.15) is 11.1 Å². The number of benzene rings is 1. The standard InChI is InChI=1S/C16H13Cl2NO4/c1-2-3-4-7-13(20)11-14(23-16(7)22)10-8(17)5-6-9(18)12(10)19-15(11)21/h5-6,20H,2-4H2,1H3,(H,19,21). The number of unbranched alkanes of at least 4 members (excludes halogenated alkanes) is 1. The van der Waals surface area contributed by atoms with Gasteiger partial charge in [-0.1, -0.05) is 36.5 Å². The van der Waals surface area contributed by atoms with E-state index in [1.807, 2.05) is 6.92 Å². The van der Waals surface area contributed by atoms with Gasteiger partial charge in [-0.2, -0.15) is 0 Å². The van der Waals surface area contributed by atoms with Crippen molar-refractivity contribution in [2.45, 2.75) is 26.2 Å². The molecule has 0 aliphatic heterocycles. The van der Waals surface area contributed by atoms with Crippen molar-refractivity contribution in [1.29, 1.82) is 0 Å². The van der Waals surface area contributed by atoms with E-state index in [2.05, 4.69) is 4.98 Å². The van der Waals surface area contributed by atoms with Gasteiger partial charge in [-0.25, -0.2) is 4.79 Å². The summed E-state index contributed by atoms with van der Waals surface area (Å²) in [5.41, 5.74) is -0.955. The molecule has 0 spiro atoms. The molecule has 0 aliphatic rings. The number of halogens is 2. The molecule has 0 saturated heterocycles. The summed E-state index contributed by atoms with van der Waals surface area (Å²) in [6.45, 7) is 1.96. The Hall–Kier alpha value is -1.98. The molecule has 0 bridgehead atoms. The number of H-pyrrole nitrogens is 1. The normalized spacial score (nSPS) is 11.4. The van der Waals surface area contributed by atoms with Gasteiger partial charge in [0.15, 0.2) is 5.58 Å². The van der Waals surface area contributed by atoms with E-state index < -0.39 is 11.2 Å². The number of aromatic nitrogens is 1. The lowest BCUT2D eigenvalue weighted by Gasteiger charge is -2.09. The van der Waals surface area contributed by atoms with Gasteiger partial charge in [0.25, 0.3) is 5.56 Å². The van der Waals surface area contributed by atoms with Crippen molar-refractivity contribution in [3.05, 3.63) is 48.5 Å². The molecule has 2 aromatic heterocycles. The highest BCUT2D eigenvalue weighted by Gasteiger charge is 2.20. The Morgan fingerprint density at radius 3 is 2.57 bits per heavy atom. The summed E-state index contributed by atoms with van der Waals surface area (Å²) in [7, 11) is 0. The minimum absolute atomic E-state index is 0.0565. The van der Waals surface area contributed by atoms with E-state index in [9.17, 15) is 14.7 Å². The summed E-state index contributed by atoms with van der Waals surface area (Å²) in [6, 6.07) is 3.06. The van der Waals surface area contributed by atoms with Crippen LogP contribution in [0.25, 0.3) is 21.9 Å². The van der Waals surface area contributed by atoms with Gasteiger partial charge in [-0.3, -0.25) is 4.79 Å². The van der Waals surface area contributed by atoms with Crippen LogP contribution in [0, 0.1) is 0 Å². The maximum absolute atomic E-state index is 12.3. The van der Waals surface area contributed by atoms with Crippen LogP contribution in [-0.4, -0.2) is 10.1 Å². The van der Waals surface area contributed by atoms with Gasteiger partial charge in [0.2, 0.25) is 0 Å². The van der Waals surface area contributed by atoms with Crippen molar-refractivity contribution in [3.63, 3.8) is 0 Å².